The van der Waals surface area contributed by atoms with Crippen LogP contribution in [0.5, 0.6) is 5.75 Å². The minimum absolute atomic E-state index is 0. The number of likely N-dealkylation sites (tertiary alicyclic amines) is 1. The van der Waals surface area contributed by atoms with Gasteiger partial charge in [-0.2, -0.15) is 0 Å². The number of phenolic OH excluding ortho intramolecular Hbond substituents is 1. The fourth-order valence-corrected chi connectivity index (χ4v) is 4.24. The van der Waals surface area contributed by atoms with Crippen molar-refractivity contribution in [1.82, 2.24) is 10.2 Å². The quantitative estimate of drug-likeness (QED) is 0.271. The Balaban J connectivity index is 0.00000300. The molecule has 1 aliphatic carbocycles. The number of carbonyl (C=O) groups excluding carboxylic acids is 1. The highest BCUT2D eigenvalue weighted by Gasteiger charge is 2.27. The minimum Gasteiger partial charge on any atom is -0.508 e. The molecular formula is C22H34IN3O3. The smallest absolute Gasteiger partial charge is 0.309 e. The zero-order valence-electron chi connectivity index (χ0n) is 17.6. The van der Waals surface area contributed by atoms with E-state index in [9.17, 15) is 9.90 Å². The summed E-state index contributed by atoms with van der Waals surface area (Å²) in [7, 11) is 0. The van der Waals surface area contributed by atoms with Gasteiger partial charge in [-0.15, -0.1) is 24.0 Å². The zero-order chi connectivity index (χ0) is 19.9. The number of hydrogen-bond donors (Lipinski definition) is 2. The van der Waals surface area contributed by atoms with Crippen molar-refractivity contribution in [3.63, 3.8) is 0 Å². The average Bonchev–Trinajstić information content (AvgIpc) is 2.72. The van der Waals surface area contributed by atoms with Gasteiger partial charge in [-0.1, -0.05) is 6.07 Å². The monoisotopic (exact) mass is 515 g/mol. The maximum atomic E-state index is 12.0. The molecular weight excluding hydrogens is 481 g/mol. The normalized spacial score (nSPS) is 17.3. The van der Waals surface area contributed by atoms with Gasteiger partial charge in [0.1, 0.15) is 5.75 Å². The van der Waals surface area contributed by atoms with Gasteiger partial charge in [0, 0.05) is 25.2 Å². The van der Waals surface area contributed by atoms with Crippen LogP contribution in [0, 0.1) is 5.92 Å². The summed E-state index contributed by atoms with van der Waals surface area (Å²) in [5.74, 6) is 1.12. The summed E-state index contributed by atoms with van der Waals surface area (Å²) in [5.41, 5.74) is 3.61. The van der Waals surface area contributed by atoms with Crippen molar-refractivity contribution < 1.29 is 14.6 Å². The fraction of sp³-hybridized carbons (Fsp3) is 0.636. The molecule has 29 heavy (non-hydrogen) atoms. The summed E-state index contributed by atoms with van der Waals surface area (Å²) in [4.78, 5) is 19.0. The van der Waals surface area contributed by atoms with Crippen LogP contribution in [0.15, 0.2) is 17.1 Å². The molecule has 2 N–H and O–H groups in total. The number of aliphatic imine (C=N–C) groups is 1. The third-order valence-electron chi connectivity index (χ3n) is 5.76. The Morgan fingerprint density at radius 3 is 2.66 bits per heavy atom. The number of aryl methyl sites for hydroxylation is 1. The van der Waals surface area contributed by atoms with Crippen LogP contribution in [0.2, 0.25) is 0 Å². The minimum atomic E-state index is -0.0788. The highest BCUT2D eigenvalue weighted by atomic mass is 127. The molecule has 3 rings (SSSR count). The molecule has 1 fully saturated rings. The van der Waals surface area contributed by atoms with Crippen molar-refractivity contribution in [1.29, 1.82) is 0 Å². The molecule has 0 unspecified atom stereocenters. The molecule has 1 aliphatic heterocycles. The van der Waals surface area contributed by atoms with E-state index in [1.54, 1.807) is 0 Å². The molecule has 1 aromatic rings. The zero-order valence-corrected chi connectivity index (χ0v) is 19.9. The van der Waals surface area contributed by atoms with E-state index >= 15 is 0 Å². The van der Waals surface area contributed by atoms with Crippen LogP contribution in [0.4, 0.5) is 0 Å². The summed E-state index contributed by atoms with van der Waals surface area (Å²) in [6.45, 7) is 7.19. The first-order chi connectivity index (χ1) is 13.6. The van der Waals surface area contributed by atoms with Crippen LogP contribution >= 0.6 is 24.0 Å². The molecule has 162 valence electrons. The lowest BCUT2D eigenvalue weighted by Gasteiger charge is -2.33. The third kappa shape index (κ3) is 5.99. The number of esters is 1. The lowest BCUT2D eigenvalue weighted by atomic mass is 9.88. The molecule has 0 bridgehead atoms. The second-order valence-corrected chi connectivity index (χ2v) is 7.59. The largest absolute Gasteiger partial charge is 0.508 e. The van der Waals surface area contributed by atoms with E-state index in [2.05, 4.69) is 23.2 Å². The molecule has 0 amide bonds. The predicted molar refractivity (Wildman–Crippen MR) is 126 cm³/mol. The summed E-state index contributed by atoms with van der Waals surface area (Å²) in [6, 6.07) is 3.87. The van der Waals surface area contributed by atoms with Gasteiger partial charge in [-0.3, -0.25) is 4.79 Å². The Morgan fingerprint density at radius 2 is 1.97 bits per heavy atom. The van der Waals surface area contributed by atoms with Gasteiger partial charge >= 0.3 is 5.97 Å². The standard InChI is InChI=1S/C22H33N3O3.HI/c1-3-23-22(25-13-11-17(12-14-25)21(27)28-4-2)24-15-19-18-8-6-5-7-16(18)9-10-20(19)26;/h9-10,17,26H,3-8,11-15H2,1-2H3,(H,23,24);1H. The highest BCUT2D eigenvalue weighted by molar-refractivity contribution is 14.0. The predicted octanol–water partition coefficient (Wildman–Crippen LogP) is 3.63. The van der Waals surface area contributed by atoms with E-state index in [0.29, 0.717) is 18.9 Å². The number of benzene rings is 1. The lowest BCUT2D eigenvalue weighted by molar-refractivity contribution is -0.149. The second-order valence-electron chi connectivity index (χ2n) is 7.59. The number of nitrogens with one attached hydrogen (secondary N) is 1. The van der Waals surface area contributed by atoms with Crippen molar-refractivity contribution in [2.24, 2.45) is 10.9 Å². The number of nitrogens with zero attached hydrogens (tertiary/aromatic N) is 2. The van der Waals surface area contributed by atoms with Crippen LogP contribution in [-0.4, -0.2) is 48.2 Å². The van der Waals surface area contributed by atoms with Crippen molar-refractivity contribution in [3.8, 4) is 5.75 Å². The van der Waals surface area contributed by atoms with Crippen molar-refractivity contribution in [2.75, 3.05) is 26.2 Å². The van der Waals surface area contributed by atoms with Gasteiger partial charge in [-0.25, -0.2) is 4.99 Å². The van der Waals surface area contributed by atoms with E-state index in [0.717, 1.165) is 56.8 Å². The first kappa shape index (κ1) is 23.8. The van der Waals surface area contributed by atoms with E-state index in [-0.39, 0.29) is 35.9 Å². The number of piperidine rings is 1. The second kappa shape index (κ2) is 11.6. The molecule has 0 saturated carbocycles. The van der Waals surface area contributed by atoms with E-state index in [1.165, 1.54) is 24.0 Å². The molecule has 1 aromatic carbocycles. The number of guanidine groups is 1. The molecule has 0 spiro atoms. The SMILES string of the molecule is CCNC(=NCc1c(O)ccc2c1CCCC2)N1CCC(C(=O)OCC)CC1.I. The van der Waals surface area contributed by atoms with Crippen molar-refractivity contribution in [2.45, 2.75) is 58.9 Å². The van der Waals surface area contributed by atoms with Crippen LogP contribution in [0.3, 0.4) is 0 Å². The van der Waals surface area contributed by atoms with E-state index in [1.807, 2.05) is 13.0 Å². The molecule has 1 heterocycles. The Bertz CT molecular complexity index is 715. The first-order valence-corrected chi connectivity index (χ1v) is 10.7. The molecule has 6 nitrogen and oxygen atoms in total. The number of halogens is 1. The maximum Gasteiger partial charge on any atom is 0.309 e. The Hall–Kier alpha value is -1.51. The number of fused-ring (bicyclic) bond motifs is 1. The molecule has 2 aliphatic rings. The van der Waals surface area contributed by atoms with Crippen molar-refractivity contribution >= 4 is 35.9 Å². The van der Waals surface area contributed by atoms with Gasteiger partial charge in [0.2, 0.25) is 0 Å². The van der Waals surface area contributed by atoms with Crippen LogP contribution in [-0.2, 0) is 28.9 Å². The van der Waals surface area contributed by atoms with Gasteiger partial charge in [-0.05, 0) is 69.6 Å². The average molecular weight is 515 g/mol. The summed E-state index contributed by atoms with van der Waals surface area (Å²) in [5, 5.41) is 13.8. The highest BCUT2D eigenvalue weighted by Crippen LogP contribution is 2.31. The van der Waals surface area contributed by atoms with Crippen LogP contribution < -0.4 is 5.32 Å². The van der Waals surface area contributed by atoms with Crippen LogP contribution in [0.25, 0.3) is 0 Å². The van der Waals surface area contributed by atoms with Crippen LogP contribution in [0.1, 0.15) is 56.2 Å². The number of hydrogen-bond acceptors (Lipinski definition) is 4. The third-order valence-corrected chi connectivity index (χ3v) is 5.76. The number of rotatable bonds is 5. The molecule has 7 heteroatoms. The fourth-order valence-electron chi connectivity index (χ4n) is 4.24. The van der Waals surface area contributed by atoms with Gasteiger partial charge in [0.05, 0.1) is 19.1 Å². The molecule has 1 saturated heterocycles. The topological polar surface area (TPSA) is 74.2 Å². The summed E-state index contributed by atoms with van der Waals surface area (Å²) >= 11 is 0. The van der Waals surface area contributed by atoms with Gasteiger partial charge < -0.3 is 20.1 Å². The first-order valence-electron chi connectivity index (χ1n) is 10.7. The maximum absolute atomic E-state index is 12.0. The summed E-state index contributed by atoms with van der Waals surface area (Å²) < 4.78 is 5.16. The number of aromatic hydroxyl groups is 1. The Morgan fingerprint density at radius 1 is 1.24 bits per heavy atom. The van der Waals surface area contributed by atoms with E-state index in [4.69, 9.17) is 9.73 Å². The summed E-state index contributed by atoms with van der Waals surface area (Å²) in [6.07, 6.45) is 6.08. The number of ether oxygens (including phenoxy) is 1. The molecule has 0 atom stereocenters. The van der Waals surface area contributed by atoms with Gasteiger partial charge in [0.25, 0.3) is 0 Å². The van der Waals surface area contributed by atoms with Gasteiger partial charge in [0.15, 0.2) is 5.96 Å². The number of phenols is 1. The Kier molecular flexibility index (Phi) is 9.52. The molecule has 0 aromatic heterocycles. The van der Waals surface area contributed by atoms with Crippen molar-refractivity contribution in [3.05, 3.63) is 28.8 Å². The Labute approximate surface area is 191 Å². The lowest BCUT2D eigenvalue weighted by Crippen LogP contribution is -2.46. The van der Waals surface area contributed by atoms with E-state index < -0.39 is 0 Å². The number of carbonyl (C=O) groups is 1. The molecule has 0 radical (unpaired) electrons.